The average Bonchev–Trinajstić information content (AvgIpc) is 2.77. The second-order valence-electron chi connectivity index (χ2n) is 4.83. The van der Waals surface area contributed by atoms with E-state index in [1.54, 1.807) is 0 Å². The zero-order valence-electron chi connectivity index (χ0n) is 11.5. The lowest BCUT2D eigenvalue weighted by Gasteiger charge is -2.25. The van der Waals surface area contributed by atoms with E-state index in [4.69, 9.17) is 4.74 Å². The Hall–Kier alpha value is -2.14. The summed E-state index contributed by atoms with van der Waals surface area (Å²) < 4.78 is 5.31. The third-order valence-electron chi connectivity index (χ3n) is 3.42. The molecule has 1 saturated heterocycles. The summed E-state index contributed by atoms with van der Waals surface area (Å²) in [6, 6.07) is 9.48. The van der Waals surface area contributed by atoms with Gasteiger partial charge in [-0.15, -0.1) is 0 Å². The van der Waals surface area contributed by atoms with E-state index in [0.29, 0.717) is 18.8 Å². The average molecular weight is 271 g/mol. The summed E-state index contributed by atoms with van der Waals surface area (Å²) >= 11 is 0. The smallest absolute Gasteiger partial charge is 0.282 e. The minimum atomic E-state index is -0.0693. The molecule has 0 bridgehead atoms. The third-order valence-corrected chi connectivity index (χ3v) is 3.42. The van der Waals surface area contributed by atoms with Gasteiger partial charge in [0.05, 0.1) is 30.2 Å². The Morgan fingerprint density at radius 2 is 1.90 bits per heavy atom. The molecule has 0 radical (unpaired) electrons. The van der Waals surface area contributed by atoms with Crippen LogP contribution in [0, 0.1) is 0 Å². The lowest BCUT2D eigenvalue weighted by atomic mass is 10.2. The van der Waals surface area contributed by atoms with E-state index in [2.05, 4.69) is 10.0 Å². The Morgan fingerprint density at radius 3 is 2.60 bits per heavy atom. The molecule has 0 atom stereocenters. The van der Waals surface area contributed by atoms with Gasteiger partial charge in [-0.05, 0) is 19.1 Å². The number of anilines is 1. The molecule has 0 saturated carbocycles. The highest BCUT2D eigenvalue weighted by Crippen LogP contribution is 2.23. The Labute approximate surface area is 118 Å². The van der Waals surface area contributed by atoms with Gasteiger partial charge in [0.1, 0.15) is 0 Å². The second kappa shape index (κ2) is 5.46. The molecule has 0 aromatic heterocycles. The second-order valence-corrected chi connectivity index (χ2v) is 4.83. The first-order valence-corrected chi connectivity index (χ1v) is 6.74. The fourth-order valence-electron chi connectivity index (χ4n) is 2.30. The maximum atomic E-state index is 12.5. The monoisotopic (exact) mass is 271 g/mol. The number of carbonyl (C=O) groups excluding carboxylic acids is 1. The molecule has 1 aromatic carbocycles. The van der Waals surface area contributed by atoms with Crippen LogP contribution < -0.4 is 5.01 Å². The zero-order chi connectivity index (χ0) is 13.9. The van der Waals surface area contributed by atoms with Crippen LogP contribution in [-0.4, -0.2) is 42.8 Å². The van der Waals surface area contributed by atoms with Crippen LogP contribution in [0.1, 0.15) is 6.92 Å². The summed E-state index contributed by atoms with van der Waals surface area (Å²) in [5, 5.41) is 5.82. The van der Waals surface area contributed by atoms with Gasteiger partial charge in [-0.1, -0.05) is 18.2 Å². The Kier molecular flexibility index (Phi) is 3.52. The fraction of sp³-hybridized carbons (Fsp3) is 0.333. The van der Waals surface area contributed by atoms with Crippen LogP contribution in [0.3, 0.4) is 0 Å². The van der Waals surface area contributed by atoms with Crippen LogP contribution >= 0.6 is 0 Å². The Morgan fingerprint density at radius 1 is 1.20 bits per heavy atom. The summed E-state index contributed by atoms with van der Waals surface area (Å²) in [6.45, 7) is 4.91. The molecular weight excluding hydrogens is 254 g/mol. The molecule has 0 N–H and O–H groups in total. The van der Waals surface area contributed by atoms with E-state index in [1.165, 1.54) is 5.01 Å². The van der Waals surface area contributed by atoms with Crippen molar-refractivity contribution in [1.29, 1.82) is 0 Å². The molecule has 20 heavy (non-hydrogen) atoms. The third kappa shape index (κ3) is 2.44. The quantitative estimate of drug-likeness (QED) is 0.768. The SMILES string of the molecule is CC1=NN(c2ccccc2)C(=O)C1=CN1CCOCC1. The van der Waals surface area contributed by atoms with Gasteiger partial charge in [-0.25, -0.2) is 0 Å². The number of para-hydroxylation sites is 1. The lowest BCUT2D eigenvalue weighted by Crippen LogP contribution is -2.33. The van der Waals surface area contributed by atoms with Gasteiger partial charge in [0.15, 0.2) is 0 Å². The topological polar surface area (TPSA) is 45.1 Å². The molecule has 2 heterocycles. The van der Waals surface area contributed by atoms with Gasteiger partial charge >= 0.3 is 0 Å². The summed E-state index contributed by atoms with van der Waals surface area (Å²) in [7, 11) is 0. The van der Waals surface area contributed by atoms with Crippen molar-refractivity contribution in [2.24, 2.45) is 5.10 Å². The number of hydrogen-bond donors (Lipinski definition) is 0. The van der Waals surface area contributed by atoms with Gasteiger partial charge in [0.25, 0.3) is 5.91 Å². The Balaban J connectivity index is 1.83. The Bertz CT molecular complexity index is 560. The zero-order valence-corrected chi connectivity index (χ0v) is 11.5. The number of carbonyl (C=O) groups is 1. The van der Waals surface area contributed by atoms with Crippen molar-refractivity contribution in [2.75, 3.05) is 31.3 Å². The standard InChI is InChI=1S/C15H17N3O2/c1-12-14(11-17-7-9-20-10-8-17)15(19)18(16-12)13-5-3-2-4-6-13/h2-6,11H,7-10H2,1H3. The number of rotatable bonds is 2. The number of nitrogens with zero attached hydrogens (tertiary/aromatic N) is 3. The molecule has 2 aliphatic heterocycles. The van der Waals surface area contributed by atoms with Crippen LogP contribution in [0.5, 0.6) is 0 Å². The van der Waals surface area contributed by atoms with Crippen molar-refractivity contribution in [2.45, 2.75) is 6.92 Å². The van der Waals surface area contributed by atoms with Crippen molar-refractivity contribution in [3.05, 3.63) is 42.1 Å². The van der Waals surface area contributed by atoms with E-state index in [1.807, 2.05) is 43.5 Å². The van der Waals surface area contributed by atoms with Crippen molar-refractivity contribution in [1.82, 2.24) is 4.90 Å². The molecule has 0 spiro atoms. The summed E-state index contributed by atoms with van der Waals surface area (Å²) in [5.41, 5.74) is 2.21. The van der Waals surface area contributed by atoms with E-state index < -0.39 is 0 Å². The highest BCUT2D eigenvalue weighted by atomic mass is 16.5. The van der Waals surface area contributed by atoms with E-state index >= 15 is 0 Å². The van der Waals surface area contributed by atoms with Crippen molar-refractivity contribution >= 4 is 17.3 Å². The van der Waals surface area contributed by atoms with Crippen molar-refractivity contribution in [3.63, 3.8) is 0 Å². The molecule has 1 amide bonds. The van der Waals surface area contributed by atoms with Crippen LogP contribution in [-0.2, 0) is 9.53 Å². The molecule has 1 fully saturated rings. The first kappa shape index (κ1) is 12.9. The van der Waals surface area contributed by atoms with Gasteiger partial charge in [0.2, 0.25) is 0 Å². The normalized spacial score (nSPS) is 21.6. The van der Waals surface area contributed by atoms with Crippen LogP contribution in [0.4, 0.5) is 5.69 Å². The first-order chi connectivity index (χ1) is 9.75. The summed E-state index contributed by atoms with van der Waals surface area (Å²) in [5.74, 6) is -0.0693. The molecule has 5 nitrogen and oxygen atoms in total. The molecule has 1 aromatic rings. The highest BCUT2D eigenvalue weighted by Gasteiger charge is 2.29. The number of hydrazone groups is 1. The molecule has 2 aliphatic rings. The minimum absolute atomic E-state index is 0.0693. The number of ether oxygens (including phenoxy) is 1. The highest BCUT2D eigenvalue weighted by molar-refractivity contribution is 6.29. The number of hydrogen-bond acceptors (Lipinski definition) is 4. The maximum Gasteiger partial charge on any atom is 0.282 e. The summed E-state index contributed by atoms with van der Waals surface area (Å²) in [4.78, 5) is 14.6. The van der Waals surface area contributed by atoms with Crippen LogP contribution in [0.15, 0.2) is 47.2 Å². The van der Waals surface area contributed by atoms with Gasteiger partial charge < -0.3 is 9.64 Å². The van der Waals surface area contributed by atoms with Crippen molar-refractivity contribution < 1.29 is 9.53 Å². The maximum absolute atomic E-state index is 12.5. The minimum Gasteiger partial charge on any atom is -0.378 e. The van der Waals surface area contributed by atoms with Gasteiger partial charge in [0, 0.05) is 19.3 Å². The number of amides is 1. The van der Waals surface area contributed by atoms with Gasteiger partial charge in [-0.3, -0.25) is 4.79 Å². The van der Waals surface area contributed by atoms with Crippen LogP contribution in [0.2, 0.25) is 0 Å². The summed E-state index contributed by atoms with van der Waals surface area (Å²) in [6.07, 6.45) is 1.91. The number of morpholine rings is 1. The van der Waals surface area contributed by atoms with Gasteiger partial charge in [-0.2, -0.15) is 10.1 Å². The largest absolute Gasteiger partial charge is 0.378 e. The molecule has 104 valence electrons. The lowest BCUT2D eigenvalue weighted by molar-refractivity contribution is -0.114. The van der Waals surface area contributed by atoms with Crippen LogP contribution in [0.25, 0.3) is 0 Å². The fourth-order valence-corrected chi connectivity index (χ4v) is 2.30. The number of benzene rings is 1. The van der Waals surface area contributed by atoms with Crippen molar-refractivity contribution in [3.8, 4) is 0 Å². The molecule has 5 heteroatoms. The first-order valence-electron chi connectivity index (χ1n) is 6.74. The molecular formula is C15H17N3O2. The van der Waals surface area contributed by atoms with E-state index in [0.717, 1.165) is 24.5 Å². The molecule has 0 aliphatic carbocycles. The van der Waals surface area contributed by atoms with E-state index in [-0.39, 0.29) is 5.91 Å². The predicted octanol–water partition coefficient (Wildman–Crippen LogP) is 1.63. The molecule has 0 unspecified atom stereocenters. The van der Waals surface area contributed by atoms with E-state index in [9.17, 15) is 4.79 Å². The predicted molar refractivity (Wildman–Crippen MR) is 77.5 cm³/mol. The molecule has 3 rings (SSSR count).